The molecule has 3 rings (SSSR count). The van der Waals surface area contributed by atoms with Crippen LogP contribution in [0.4, 0.5) is 11.4 Å². The van der Waals surface area contributed by atoms with Crippen molar-refractivity contribution >= 4 is 46.6 Å². The summed E-state index contributed by atoms with van der Waals surface area (Å²) in [5, 5.41) is 23.4. The molecule has 0 aliphatic carbocycles. The molecule has 0 fully saturated rings. The Labute approximate surface area is 211 Å². The Hall–Kier alpha value is -4.06. The lowest BCUT2D eigenvalue weighted by atomic mass is 10.1. The standard InChI is InChI=1S/C25H19Cl2N3O5/c1-2-34-23-13-17(8-11-22(23)35-15-16-6-9-19(10-7-16)30(32)33)12-18(14-28)25(31)29-24-20(26)4-3-5-21(24)27/h3-13H,2,15H2,1H3,(H,29,31)/b18-12+. The van der Waals surface area contributed by atoms with Gasteiger partial charge in [-0.05, 0) is 60.5 Å². The molecular formula is C25H19Cl2N3O5. The van der Waals surface area contributed by atoms with Gasteiger partial charge < -0.3 is 14.8 Å². The molecule has 3 aromatic carbocycles. The Morgan fingerprint density at radius 2 is 1.77 bits per heavy atom. The summed E-state index contributed by atoms with van der Waals surface area (Å²) < 4.78 is 11.5. The summed E-state index contributed by atoms with van der Waals surface area (Å²) >= 11 is 12.2. The van der Waals surface area contributed by atoms with Gasteiger partial charge in [0.05, 0.1) is 27.3 Å². The van der Waals surface area contributed by atoms with Crippen LogP contribution in [-0.4, -0.2) is 17.4 Å². The Bertz CT molecular complexity index is 1300. The highest BCUT2D eigenvalue weighted by atomic mass is 35.5. The number of nitriles is 1. The quantitative estimate of drug-likeness (QED) is 0.153. The number of non-ortho nitro benzene ring substituents is 1. The van der Waals surface area contributed by atoms with Gasteiger partial charge in [-0.25, -0.2) is 0 Å². The number of para-hydroxylation sites is 1. The normalized spacial score (nSPS) is 10.9. The number of hydrogen-bond acceptors (Lipinski definition) is 6. The van der Waals surface area contributed by atoms with Gasteiger partial charge in [0.25, 0.3) is 11.6 Å². The molecule has 0 heterocycles. The van der Waals surface area contributed by atoms with E-state index in [9.17, 15) is 20.2 Å². The number of rotatable bonds is 9. The highest BCUT2D eigenvalue weighted by Crippen LogP contribution is 2.32. The molecule has 0 spiro atoms. The van der Waals surface area contributed by atoms with Gasteiger partial charge in [-0.2, -0.15) is 5.26 Å². The zero-order valence-electron chi connectivity index (χ0n) is 18.5. The Kier molecular flexibility index (Phi) is 8.68. The van der Waals surface area contributed by atoms with Gasteiger partial charge in [0.15, 0.2) is 11.5 Å². The number of anilines is 1. The van der Waals surface area contributed by atoms with Crippen molar-refractivity contribution in [1.29, 1.82) is 5.26 Å². The highest BCUT2D eigenvalue weighted by molar-refractivity contribution is 6.40. The number of nitro benzene ring substituents is 1. The number of ether oxygens (including phenoxy) is 2. The summed E-state index contributed by atoms with van der Waals surface area (Å²) in [4.78, 5) is 23.0. The van der Waals surface area contributed by atoms with E-state index < -0.39 is 10.8 Å². The number of benzene rings is 3. The molecule has 1 N–H and O–H groups in total. The van der Waals surface area contributed by atoms with Crippen LogP contribution in [0.5, 0.6) is 11.5 Å². The van der Waals surface area contributed by atoms with Crippen molar-refractivity contribution in [3.8, 4) is 17.6 Å². The predicted octanol–water partition coefficient (Wildman–Crippen LogP) is 6.42. The van der Waals surface area contributed by atoms with E-state index in [1.165, 1.54) is 18.2 Å². The van der Waals surface area contributed by atoms with Gasteiger partial charge in [-0.15, -0.1) is 0 Å². The molecule has 0 bridgehead atoms. The minimum absolute atomic E-state index is 0.00552. The fourth-order valence-corrected chi connectivity index (χ4v) is 3.48. The minimum atomic E-state index is -0.668. The van der Waals surface area contributed by atoms with Crippen LogP contribution in [0.15, 0.2) is 66.2 Å². The summed E-state index contributed by atoms with van der Waals surface area (Å²) in [6, 6.07) is 17.6. The van der Waals surface area contributed by atoms with Crippen LogP contribution in [0.25, 0.3) is 6.08 Å². The monoisotopic (exact) mass is 511 g/mol. The van der Waals surface area contributed by atoms with Crippen molar-refractivity contribution in [1.82, 2.24) is 0 Å². The van der Waals surface area contributed by atoms with Crippen molar-refractivity contribution in [3.63, 3.8) is 0 Å². The Morgan fingerprint density at radius 1 is 1.09 bits per heavy atom. The highest BCUT2D eigenvalue weighted by Gasteiger charge is 2.15. The topological polar surface area (TPSA) is 114 Å². The lowest BCUT2D eigenvalue weighted by Gasteiger charge is -2.13. The first-order valence-electron chi connectivity index (χ1n) is 10.3. The first-order chi connectivity index (χ1) is 16.8. The van der Waals surface area contributed by atoms with Crippen LogP contribution in [0.3, 0.4) is 0 Å². The number of carbonyl (C=O) groups excluding carboxylic acids is 1. The van der Waals surface area contributed by atoms with Gasteiger partial charge in [-0.1, -0.05) is 35.3 Å². The van der Waals surface area contributed by atoms with E-state index >= 15 is 0 Å². The Morgan fingerprint density at radius 3 is 2.37 bits per heavy atom. The zero-order chi connectivity index (χ0) is 25.4. The maximum Gasteiger partial charge on any atom is 0.269 e. The van der Waals surface area contributed by atoms with Crippen LogP contribution < -0.4 is 14.8 Å². The largest absolute Gasteiger partial charge is 0.490 e. The minimum Gasteiger partial charge on any atom is -0.490 e. The number of amides is 1. The number of nitrogens with zero attached hydrogens (tertiary/aromatic N) is 2. The van der Waals surface area contributed by atoms with Crippen molar-refractivity contribution < 1.29 is 19.2 Å². The lowest BCUT2D eigenvalue weighted by molar-refractivity contribution is -0.384. The molecule has 178 valence electrons. The van der Waals surface area contributed by atoms with Gasteiger partial charge in [-0.3, -0.25) is 14.9 Å². The van der Waals surface area contributed by atoms with E-state index in [-0.39, 0.29) is 33.6 Å². The Balaban J connectivity index is 1.78. The molecule has 0 unspecified atom stereocenters. The van der Waals surface area contributed by atoms with Crippen LogP contribution >= 0.6 is 23.2 Å². The second-order valence-electron chi connectivity index (χ2n) is 7.07. The third kappa shape index (κ3) is 6.73. The van der Waals surface area contributed by atoms with E-state index in [2.05, 4.69) is 5.32 Å². The molecular weight excluding hydrogens is 493 g/mol. The van der Waals surface area contributed by atoms with Gasteiger partial charge in [0.1, 0.15) is 18.2 Å². The van der Waals surface area contributed by atoms with Gasteiger partial charge in [0.2, 0.25) is 0 Å². The van der Waals surface area contributed by atoms with Crippen molar-refractivity contribution in [2.75, 3.05) is 11.9 Å². The van der Waals surface area contributed by atoms with E-state index in [1.54, 1.807) is 48.5 Å². The summed E-state index contributed by atoms with van der Waals surface area (Å²) in [6.07, 6.45) is 1.41. The average Bonchev–Trinajstić information content (AvgIpc) is 2.84. The smallest absolute Gasteiger partial charge is 0.269 e. The number of carbonyl (C=O) groups is 1. The van der Waals surface area contributed by atoms with Crippen LogP contribution in [-0.2, 0) is 11.4 Å². The second-order valence-corrected chi connectivity index (χ2v) is 7.89. The predicted molar refractivity (Wildman–Crippen MR) is 134 cm³/mol. The van der Waals surface area contributed by atoms with Gasteiger partial charge >= 0.3 is 0 Å². The molecule has 35 heavy (non-hydrogen) atoms. The molecule has 0 saturated carbocycles. The number of hydrogen-bond donors (Lipinski definition) is 1. The molecule has 0 radical (unpaired) electrons. The van der Waals surface area contributed by atoms with Crippen LogP contribution in [0, 0.1) is 21.4 Å². The zero-order valence-corrected chi connectivity index (χ0v) is 20.0. The maximum atomic E-state index is 12.6. The lowest BCUT2D eigenvalue weighted by Crippen LogP contribution is -2.14. The van der Waals surface area contributed by atoms with Gasteiger partial charge in [0, 0.05) is 12.1 Å². The third-order valence-electron chi connectivity index (χ3n) is 4.69. The summed E-state index contributed by atoms with van der Waals surface area (Å²) in [6.45, 7) is 2.33. The second kappa shape index (κ2) is 11.9. The first-order valence-corrected chi connectivity index (χ1v) is 11.1. The molecule has 0 aromatic heterocycles. The molecule has 10 heteroatoms. The molecule has 0 saturated heterocycles. The summed E-state index contributed by atoms with van der Waals surface area (Å²) in [5.74, 6) is 0.183. The molecule has 0 aliphatic rings. The number of nitro groups is 1. The van der Waals surface area contributed by atoms with Crippen molar-refractivity contribution in [2.24, 2.45) is 0 Å². The fraction of sp³-hybridized carbons (Fsp3) is 0.120. The van der Waals surface area contributed by atoms with E-state index in [0.29, 0.717) is 23.7 Å². The van der Waals surface area contributed by atoms with Crippen LogP contribution in [0.1, 0.15) is 18.1 Å². The summed E-state index contributed by atoms with van der Waals surface area (Å²) in [5.41, 5.74) is 1.32. The van der Waals surface area contributed by atoms with Crippen LogP contribution in [0.2, 0.25) is 10.0 Å². The van der Waals surface area contributed by atoms with Crippen molar-refractivity contribution in [3.05, 3.63) is 97.5 Å². The summed E-state index contributed by atoms with van der Waals surface area (Å²) in [7, 11) is 0. The third-order valence-corrected chi connectivity index (χ3v) is 5.32. The number of nitrogens with one attached hydrogen (secondary N) is 1. The molecule has 3 aromatic rings. The maximum absolute atomic E-state index is 12.6. The molecule has 0 atom stereocenters. The average molecular weight is 512 g/mol. The SMILES string of the molecule is CCOc1cc(/C=C(\C#N)C(=O)Nc2c(Cl)cccc2Cl)ccc1OCc1ccc([N+](=O)[O-])cc1. The first kappa shape index (κ1) is 25.6. The molecule has 8 nitrogen and oxygen atoms in total. The molecule has 1 amide bonds. The fourth-order valence-electron chi connectivity index (χ4n) is 2.99. The van der Waals surface area contributed by atoms with E-state index in [4.69, 9.17) is 32.7 Å². The van der Waals surface area contributed by atoms with E-state index in [1.807, 2.05) is 13.0 Å². The van der Waals surface area contributed by atoms with E-state index in [0.717, 1.165) is 5.56 Å². The van der Waals surface area contributed by atoms with Crippen molar-refractivity contribution in [2.45, 2.75) is 13.5 Å². The molecule has 0 aliphatic heterocycles. The number of halogens is 2.